The van der Waals surface area contributed by atoms with E-state index in [1.165, 1.54) is 0 Å². The van der Waals surface area contributed by atoms with E-state index in [4.69, 9.17) is 9.47 Å². The molecule has 5 aromatic rings. The fraction of sp³-hybridized carbons (Fsp3) is 0.414. The quantitative estimate of drug-likeness (QED) is 0.321. The minimum atomic E-state index is -0.317. The first-order chi connectivity index (χ1) is 19.5. The molecule has 11 heteroatoms. The average molecular weight is 538 g/mol. The van der Waals surface area contributed by atoms with Crippen molar-refractivity contribution >= 4 is 16.4 Å². The molecule has 7 rings (SSSR count). The van der Waals surface area contributed by atoms with E-state index >= 15 is 0 Å². The van der Waals surface area contributed by atoms with Gasteiger partial charge in [-0.05, 0) is 38.8 Å². The van der Waals surface area contributed by atoms with Gasteiger partial charge in [-0.25, -0.2) is 9.20 Å². The SMILES string of the molecule is Cc1c(-c2cc(OC(C)c3cncc4c3ccn4C)c3c(C#N)cnn3c2)nnn1C1CCN(C2COC2)CC1. The fourth-order valence-corrected chi connectivity index (χ4v) is 6.05. The van der Waals surface area contributed by atoms with Crippen LogP contribution in [0.25, 0.3) is 27.7 Å². The largest absolute Gasteiger partial charge is 0.484 e. The normalized spacial score (nSPS) is 17.8. The number of nitrogens with zero attached hydrogens (tertiary/aromatic N) is 9. The number of aryl methyl sites for hydroxylation is 1. The highest BCUT2D eigenvalue weighted by Crippen LogP contribution is 2.36. The van der Waals surface area contributed by atoms with Crippen LogP contribution in [0.4, 0.5) is 0 Å². The third-order valence-corrected chi connectivity index (χ3v) is 8.46. The van der Waals surface area contributed by atoms with E-state index in [2.05, 4.69) is 49.0 Å². The molecule has 1 atom stereocenters. The predicted octanol–water partition coefficient (Wildman–Crippen LogP) is 3.84. The number of hydrogen-bond acceptors (Lipinski definition) is 8. The maximum atomic E-state index is 9.79. The van der Waals surface area contributed by atoms with E-state index < -0.39 is 0 Å². The van der Waals surface area contributed by atoms with E-state index in [-0.39, 0.29) is 6.10 Å². The number of fused-ring (bicyclic) bond motifs is 2. The summed E-state index contributed by atoms with van der Waals surface area (Å²) in [6, 6.07) is 7.16. The maximum Gasteiger partial charge on any atom is 0.148 e. The molecule has 7 heterocycles. The summed E-state index contributed by atoms with van der Waals surface area (Å²) in [5.74, 6) is 0.567. The van der Waals surface area contributed by atoms with E-state index in [0.29, 0.717) is 28.9 Å². The van der Waals surface area contributed by atoms with E-state index in [1.807, 2.05) is 49.4 Å². The van der Waals surface area contributed by atoms with Crippen LogP contribution in [0.15, 0.2) is 43.1 Å². The Morgan fingerprint density at radius 2 is 1.98 bits per heavy atom. The monoisotopic (exact) mass is 537 g/mol. The predicted molar refractivity (Wildman–Crippen MR) is 148 cm³/mol. The second-order valence-electron chi connectivity index (χ2n) is 10.8. The van der Waals surface area contributed by atoms with Crippen LogP contribution in [0.1, 0.15) is 48.7 Å². The molecular weight excluding hydrogens is 506 g/mol. The third kappa shape index (κ3) is 4.03. The highest BCUT2D eigenvalue weighted by molar-refractivity contribution is 5.83. The summed E-state index contributed by atoms with van der Waals surface area (Å²) < 4.78 is 17.8. The van der Waals surface area contributed by atoms with Crippen LogP contribution in [-0.4, -0.2) is 71.4 Å². The molecule has 0 spiro atoms. The van der Waals surface area contributed by atoms with Gasteiger partial charge in [-0.3, -0.25) is 9.88 Å². The first-order valence-corrected chi connectivity index (χ1v) is 13.7. The smallest absolute Gasteiger partial charge is 0.148 e. The third-order valence-electron chi connectivity index (χ3n) is 8.46. The van der Waals surface area contributed by atoms with Crippen LogP contribution in [0.5, 0.6) is 5.75 Å². The van der Waals surface area contributed by atoms with Gasteiger partial charge in [0.25, 0.3) is 0 Å². The molecule has 0 aliphatic carbocycles. The molecule has 11 nitrogen and oxygen atoms in total. The van der Waals surface area contributed by atoms with Crippen LogP contribution in [0, 0.1) is 18.3 Å². The molecule has 2 fully saturated rings. The first-order valence-electron chi connectivity index (χ1n) is 13.7. The number of rotatable bonds is 6. The van der Waals surface area contributed by atoms with Crippen molar-refractivity contribution < 1.29 is 9.47 Å². The van der Waals surface area contributed by atoms with Gasteiger partial charge in [0.05, 0.1) is 48.9 Å². The van der Waals surface area contributed by atoms with Gasteiger partial charge in [-0.1, -0.05) is 5.21 Å². The lowest BCUT2D eigenvalue weighted by Crippen LogP contribution is -2.52. The molecule has 204 valence electrons. The van der Waals surface area contributed by atoms with Crippen molar-refractivity contribution in [1.29, 1.82) is 5.26 Å². The fourth-order valence-electron chi connectivity index (χ4n) is 6.05. The first kappa shape index (κ1) is 24.7. The minimum absolute atomic E-state index is 0.312. The number of likely N-dealkylation sites (tertiary alicyclic amines) is 1. The van der Waals surface area contributed by atoms with Gasteiger partial charge in [-0.15, -0.1) is 5.10 Å². The second kappa shape index (κ2) is 9.73. The Bertz CT molecular complexity index is 1750. The highest BCUT2D eigenvalue weighted by Gasteiger charge is 2.31. The molecule has 2 saturated heterocycles. The lowest BCUT2D eigenvalue weighted by Gasteiger charge is -2.41. The molecule has 5 aromatic heterocycles. The number of pyridine rings is 2. The number of ether oxygens (including phenoxy) is 2. The van der Waals surface area contributed by atoms with Crippen molar-refractivity contribution in [2.24, 2.45) is 7.05 Å². The molecule has 0 saturated carbocycles. The number of piperidine rings is 1. The molecular formula is C29H31N9O2. The molecule has 40 heavy (non-hydrogen) atoms. The number of hydrogen-bond donors (Lipinski definition) is 0. The van der Waals surface area contributed by atoms with Crippen molar-refractivity contribution in [3.05, 3.63) is 59.9 Å². The van der Waals surface area contributed by atoms with E-state index in [1.54, 1.807) is 10.7 Å². The second-order valence-corrected chi connectivity index (χ2v) is 10.8. The van der Waals surface area contributed by atoms with Crippen LogP contribution in [0.3, 0.4) is 0 Å². The standard InChI is InChI=1S/C29H31N9O2/c1-18-28(33-34-38(18)22-4-8-36(9-5-22)23-16-39-17-23)20-10-27(29-21(11-30)12-32-37(29)15-20)40-19(2)25-13-31-14-26-24(25)6-7-35(26)3/h6-7,10,12-15,19,22-23H,4-5,8-9,16-17H2,1-3H3. The van der Waals surface area contributed by atoms with Gasteiger partial charge in [-0.2, -0.15) is 10.4 Å². The Labute approximate surface area is 231 Å². The lowest BCUT2D eigenvalue weighted by atomic mass is 10.0. The van der Waals surface area contributed by atoms with Crippen LogP contribution in [0.2, 0.25) is 0 Å². The van der Waals surface area contributed by atoms with Crippen molar-refractivity contribution in [1.82, 2.24) is 39.1 Å². The average Bonchev–Trinajstić information content (AvgIpc) is 3.64. The Hall–Kier alpha value is -4.27. The zero-order valence-corrected chi connectivity index (χ0v) is 22.9. The summed E-state index contributed by atoms with van der Waals surface area (Å²) in [5, 5.41) is 24.5. The van der Waals surface area contributed by atoms with Gasteiger partial charge in [0.1, 0.15) is 34.7 Å². The van der Waals surface area contributed by atoms with Gasteiger partial charge >= 0.3 is 0 Å². The zero-order valence-electron chi connectivity index (χ0n) is 22.9. The molecule has 1 unspecified atom stereocenters. The summed E-state index contributed by atoms with van der Waals surface area (Å²) in [6.45, 7) is 7.85. The topological polar surface area (TPSA) is 111 Å². The Kier molecular flexibility index (Phi) is 6.02. The van der Waals surface area contributed by atoms with Gasteiger partial charge in [0, 0.05) is 55.2 Å². The summed E-state index contributed by atoms with van der Waals surface area (Å²) in [7, 11) is 2.00. The molecule has 2 aliphatic rings. The summed E-state index contributed by atoms with van der Waals surface area (Å²) >= 11 is 0. The van der Waals surface area contributed by atoms with Gasteiger partial charge in [0.2, 0.25) is 0 Å². The highest BCUT2D eigenvalue weighted by atomic mass is 16.5. The Morgan fingerprint density at radius 3 is 2.73 bits per heavy atom. The number of nitriles is 1. The lowest BCUT2D eigenvalue weighted by molar-refractivity contribution is -0.0735. The minimum Gasteiger partial charge on any atom is -0.484 e. The Morgan fingerprint density at radius 1 is 1.15 bits per heavy atom. The van der Waals surface area contributed by atoms with Gasteiger partial charge < -0.3 is 14.0 Å². The van der Waals surface area contributed by atoms with Gasteiger partial charge in [0.15, 0.2) is 0 Å². The number of aromatic nitrogens is 7. The van der Waals surface area contributed by atoms with Crippen molar-refractivity contribution in [2.75, 3.05) is 26.3 Å². The molecule has 0 bridgehead atoms. The molecule has 0 aromatic carbocycles. The molecule has 0 radical (unpaired) electrons. The Balaban J connectivity index is 1.22. The van der Waals surface area contributed by atoms with E-state index in [0.717, 1.165) is 72.6 Å². The molecule has 2 aliphatic heterocycles. The van der Waals surface area contributed by atoms with Crippen molar-refractivity contribution in [2.45, 2.75) is 44.9 Å². The molecule has 0 amide bonds. The van der Waals surface area contributed by atoms with Crippen LogP contribution < -0.4 is 4.74 Å². The molecule has 0 N–H and O–H groups in total. The van der Waals surface area contributed by atoms with Crippen molar-refractivity contribution in [3.63, 3.8) is 0 Å². The van der Waals surface area contributed by atoms with Crippen LogP contribution >= 0.6 is 0 Å². The van der Waals surface area contributed by atoms with E-state index in [9.17, 15) is 5.26 Å². The summed E-state index contributed by atoms with van der Waals surface area (Å²) in [6.07, 6.45) is 10.9. The summed E-state index contributed by atoms with van der Waals surface area (Å²) in [5.41, 5.74) is 5.72. The maximum absolute atomic E-state index is 9.79. The van der Waals surface area contributed by atoms with Crippen LogP contribution in [-0.2, 0) is 11.8 Å². The van der Waals surface area contributed by atoms with Crippen molar-refractivity contribution in [3.8, 4) is 23.1 Å². The zero-order chi connectivity index (χ0) is 27.4. The summed E-state index contributed by atoms with van der Waals surface area (Å²) in [4.78, 5) is 6.97.